The van der Waals surface area contributed by atoms with Crippen molar-refractivity contribution in [2.75, 3.05) is 20.2 Å². The number of imidazole rings is 1. The van der Waals surface area contributed by atoms with Gasteiger partial charge in [-0.25, -0.2) is 4.98 Å². The number of nitro benzene ring substituents is 1. The fourth-order valence-electron chi connectivity index (χ4n) is 4.19. The Morgan fingerprint density at radius 2 is 1.94 bits per heavy atom. The number of aromatic nitrogens is 2. The van der Waals surface area contributed by atoms with Gasteiger partial charge in [-0.15, -0.1) is 0 Å². The minimum absolute atomic E-state index is 0.108. The highest BCUT2D eigenvalue weighted by Gasteiger charge is 2.26. The number of hydrogen-bond donors (Lipinski definition) is 0. The summed E-state index contributed by atoms with van der Waals surface area (Å²) in [6.07, 6.45) is 8.67. The third-order valence-corrected chi connectivity index (χ3v) is 6.10. The van der Waals surface area contributed by atoms with E-state index >= 15 is 0 Å². The van der Waals surface area contributed by atoms with Crippen LogP contribution in [0.3, 0.4) is 0 Å². The van der Waals surface area contributed by atoms with Gasteiger partial charge in [0, 0.05) is 37.1 Å². The Morgan fingerprint density at radius 1 is 1.19 bits per heavy atom. The van der Waals surface area contributed by atoms with Crippen molar-refractivity contribution in [2.24, 2.45) is 5.92 Å². The van der Waals surface area contributed by atoms with Crippen LogP contribution < -0.4 is 4.74 Å². The molecule has 1 fully saturated rings. The van der Waals surface area contributed by atoms with Crippen LogP contribution >= 0.6 is 0 Å². The van der Waals surface area contributed by atoms with Gasteiger partial charge in [0.25, 0.3) is 11.6 Å². The molecule has 8 nitrogen and oxygen atoms in total. The van der Waals surface area contributed by atoms with E-state index in [0.29, 0.717) is 30.3 Å². The van der Waals surface area contributed by atoms with Gasteiger partial charge < -0.3 is 14.2 Å². The number of hydrogen-bond acceptors (Lipinski definition) is 5. The van der Waals surface area contributed by atoms with E-state index in [4.69, 9.17) is 4.74 Å². The van der Waals surface area contributed by atoms with Crippen molar-refractivity contribution >= 4 is 11.6 Å². The van der Waals surface area contributed by atoms with Gasteiger partial charge in [-0.3, -0.25) is 14.9 Å². The number of amides is 1. The molecule has 3 aromatic rings. The molecule has 1 amide bonds. The van der Waals surface area contributed by atoms with Crippen molar-refractivity contribution in [1.29, 1.82) is 0 Å². The quantitative estimate of drug-likeness (QED) is 0.409. The molecule has 1 aliphatic heterocycles. The molecule has 1 saturated heterocycles. The normalized spacial score (nSPS) is 14.3. The average Bonchev–Trinajstić information content (AvgIpc) is 3.37. The van der Waals surface area contributed by atoms with E-state index in [-0.39, 0.29) is 11.6 Å². The lowest BCUT2D eigenvalue weighted by molar-refractivity contribution is -0.384. The van der Waals surface area contributed by atoms with Gasteiger partial charge >= 0.3 is 0 Å². The van der Waals surface area contributed by atoms with Gasteiger partial charge in [0.15, 0.2) is 0 Å². The van der Waals surface area contributed by atoms with Crippen LogP contribution in [0.1, 0.15) is 35.2 Å². The molecule has 32 heavy (non-hydrogen) atoms. The van der Waals surface area contributed by atoms with Crippen molar-refractivity contribution < 1.29 is 14.5 Å². The summed E-state index contributed by atoms with van der Waals surface area (Å²) in [6.45, 7) is 1.34. The summed E-state index contributed by atoms with van der Waals surface area (Å²) in [4.78, 5) is 29.9. The molecule has 0 atom stereocenters. The molecule has 0 radical (unpaired) electrons. The van der Waals surface area contributed by atoms with Crippen molar-refractivity contribution in [2.45, 2.75) is 25.7 Å². The first kappa shape index (κ1) is 21.5. The molecule has 0 aliphatic carbocycles. The molecule has 8 heteroatoms. The molecule has 0 spiro atoms. The number of nitrogens with zero attached hydrogens (tertiary/aromatic N) is 4. The first-order chi connectivity index (χ1) is 15.5. The Hall–Kier alpha value is -3.68. The van der Waals surface area contributed by atoms with Crippen molar-refractivity contribution in [1.82, 2.24) is 14.5 Å². The standard InChI is InChI=1S/C24H26N4O4/c1-32-21-7-4-18(5-8-21)2-3-19-10-13-26(14-11-19)24(29)20-6-9-22(23(16-20)28(30)31)27-15-12-25-17-27/h4-9,12,15-17,19H,2-3,10-11,13-14H2,1H3. The Balaban J connectivity index is 1.35. The van der Waals surface area contributed by atoms with E-state index in [1.807, 2.05) is 12.1 Å². The SMILES string of the molecule is COc1ccc(CCC2CCN(C(=O)c3ccc(-n4ccnc4)c([N+](=O)[O-])c3)CC2)cc1. The summed E-state index contributed by atoms with van der Waals surface area (Å²) in [5, 5.41) is 11.6. The summed E-state index contributed by atoms with van der Waals surface area (Å²) < 4.78 is 6.77. The highest BCUT2D eigenvalue weighted by molar-refractivity contribution is 5.95. The highest BCUT2D eigenvalue weighted by Crippen LogP contribution is 2.27. The second-order valence-electron chi connectivity index (χ2n) is 8.05. The Morgan fingerprint density at radius 3 is 2.56 bits per heavy atom. The van der Waals surface area contributed by atoms with Crippen LogP contribution in [-0.4, -0.2) is 45.5 Å². The van der Waals surface area contributed by atoms with Crippen LogP contribution in [0.15, 0.2) is 61.2 Å². The Bertz CT molecular complexity index is 1070. The maximum atomic E-state index is 13.0. The first-order valence-electron chi connectivity index (χ1n) is 10.7. The van der Waals surface area contributed by atoms with E-state index in [9.17, 15) is 14.9 Å². The zero-order valence-electron chi connectivity index (χ0n) is 18.0. The number of likely N-dealkylation sites (tertiary alicyclic amines) is 1. The van der Waals surface area contributed by atoms with Crippen molar-refractivity contribution in [3.05, 3.63) is 82.4 Å². The molecule has 2 heterocycles. The predicted octanol–water partition coefficient (Wildman–Crippen LogP) is 4.27. The van der Waals surface area contributed by atoms with Gasteiger partial charge in [-0.2, -0.15) is 0 Å². The fourth-order valence-corrected chi connectivity index (χ4v) is 4.19. The maximum absolute atomic E-state index is 13.0. The number of aryl methyl sites for hydroxylation is 1. The number of piperidine rings is 1. The summed E-state index contributed by atoms with van der Waals surface area (Å²) in [6, 6.07) is 12.8. The van der Waals surface area contributed by atoms with Gasteiger partial charge in [-0.1, -0.05) is 12.1 Å². The maximum Gasteiger partial charge on any atom is 0.294 e. The summed E-state index contributed by atoms with van der Waals surface area (Å²) in [5.74, 6) is 1.27. The Labute approximate surface area is 186 Å². The summed E-state index contributed by atoms with van der Waals surface area (Å²) in [5.41, 5.74) is 1.91. The van der Waals surface area contributed by atoms with Crippen LogP contribution in [0.4, 0.5) is 5.69 Å². The number of carbonyl (C=O) groups is 1. The van der Waals surface area contributed by atoms with Crippen LogP contribution in [0, 0.1) is 16.0 Å². The van der Waals surface area contributed by atoms with Gasteiger partial charge in [0.2, 0.25) is 0 Å². The molecule has 0 unspecified atom stereocenters. The number of methoxy groups -OCH3 is 1. The molecule has 2 aromatic carbocycles. The smallest absolute Gasteiger partial charge is 0.294 e. The largest absolute Gasteiger partial charge is 0.497 e. The molecule has 0 bridgehead atoms. The lowest BCUT2D eigenvalue weighted by Crippen LogP contribution is -2.38. The van der Waals surface area contributed by atoms with Crippen LogP contribution in [-0.2, 0) is 6.42 Å². The minimum Gasteiger partial charge on any atom is -0.497 e. The average molecular weight is 434 g/mol. The molecule has 0 N–H and O–H groups in total. The molecule has 1 aromatic heterocycles. The van der Waals surface area contributed by atoms with Crippen molar-refractivity contribution in [3.63, 3.8) is 0 Å². The Kier molecular flexibility index (Phi) is 6.49. The van der Waals surface area contributed by atoms with E-state index in [0.717, 1.165) is 31.4 Å². The van der Waals surface area contributed by atoms with E-state index in [2.05, 4.69) is 17.1 Å². The summed E-state index contributed by atoms with van der Waals surface area (Å²) >= 11 is 0. The molecular weight excluding hydrogens is 408 g/mol. The fraction of sp³-hybridized carbons (Fsp3) is 0.333. The molecule has 0 saturated carbocycles. The first-order valence-corrected chi connectivity index (χ1v) is 10.7. The predicted molar refractivity (Wildman–Crippen MR) is 120 cm³/mol. The number of nitro groups is 1. The second kappa shape index (κ2) is 9.64. The van der Waals surface area contributed by atoms with Gasteiger partial charge in [0.1, 0.15) is 11.4 Å². The summed E-state index contributed by atoms with van der Waals surface area (Å²) in [7, 11) is 1.66. The van der Waals surface area contributed by atoms with E-state index in [1.54, 1.807) is 41.1 Å². The lowest BCUT2D eigenvalue weighted by Gasteiger charge is -2.32. The molecular formula is C24H26N4O4. The number of ether oxygens (including phenoxy) is 1. The lowest BCUT2D eigenvalue weighted by atomic mass is 9.90. The molecule has 166 valence electrons. The van der Waals surface area contributed by atoms with Crippen LogP contribution in [0.2, 0.25) is 0 Å². The monoisotopic (exact) mass is 434 g/mol. The van der Waals surface area contributed by atoms with Crippen LogP contribution in [0.5, 0.6) is 5.75 Å². The highest BCUT2D eigenvalue weighted by atomic mass is 16.6. The molecule has 1 aliphatic rings. The van der Waals surface area contributed by atoms with Crippen LogP contribution in [0.25, 0.3) is 5.69 Å². The molecule has 4 rings (SSSR count). The zero-order valence-corrected chi connectivity index (χ0v) is 18.0. The van der Waals surface area contributed by atoms with Gasteiger partial charge in [-0.05, 0) is 61.4 Å². The number of carbonyl (C=O) groups excluding carboxylic acids is 1. The second-order valence-corrected chi connectivity index (χ2v) is 8.05. The van der Waals surface area contributed by atoms with E-state index in [1.165, 1.54) is 18.0 Å². The minimum atomic E-state index is -0.461. The van der Waals surface area contributed by atoms with E-state index < -0.39 is 4.92 Å². The third kappa shape index (κ3) is 4.80. The third-order valence-electron chi connectivity index (χ3n) is 6.10. The zero-order chi connectivity index (χ0) is 22.5. The van der Waals surface area contributed by atoms with Gasteiger partial charge in [0.05, 0.1) is 18.4 Å². The number of rotatable bonds is 7. The topological polar surface area (TPSA) is 90.5 Å². The number of benzene rings is 2. The van der Waals surface area contributed by atoms with Crippen molar-refractivity contribution in [3.8, 4) is 11.4 Å².